The number of rotatable bonds is 6. The number of ketones is 1. The molecule has 0 spiro atoms. The standard InChI is InChI=1S/C20H16ClN3O5S/c1-13(25)14-2-6-16(7-3-14)22-18(26)12-24-20(27)11-10-19(23-24)30(28,29)17-8-4-15(21)5-9-17/h2-11H,12H2,1H3,(H,22,26). The molecule has 8 nitrogen and oxygen atoms in total. The summed E-state index contributed by atoms with van der Waals surface area (Å²) in [6.07, 6.45) is 0. The summed E-state index contributed by atoms with van der Waals surface area (Å²) in [4.78, 5) is 35.6. The Morgan fingerprint density at radius 2 is 1.63 bits per heavy atom. The van der Waals surface area contributed by atoms with E-state index in [2.05, 4.69) is 10.4 Å². The second-order valence-electron chi connectivity index (χ2n) is 6.31. The van der Waals surface area contributed by atoms with Crippen molar-refractivity contribution < 1.29 is 18.0 Å². The van der Waals surface area contributed by atoms with Crippen LogP contribution < -0.4 is 10.9 Å². The molecule has 1 amide bonds. The minimum Gasteiger partial charge on any atom is -0.324 e. The fourth-order valence-corrected chi connectivity index (χ4v) is 3.86. The zero-order valence-electron chi connectivity index (χ0n) is 15.7. The van der Waals surface area contributed by atoms with E-state index in [1.54, 1.807) is 24.3 Å². The van der Waals surface area contributed by atoms with Gasteiger partial charge in [-0.2, -0.15) is 5.10 Å². The van der Waals surface area contributed by atoms with Crippen LogP contribution in [0.15, 0.2) is 75.4 Å². The van der Waals surface area contributed by atoms with E-state index in [-0.39, 0.29) is 15.7 Å². The number of hydrogen-bond donors (Lipinski definition) is 1. The number of carbonyl (C=O) groups excluding carboxylic acids is 2. The largest absolute Gasteiger partial charge is 0.324 e. The van der Waals surface area contributed by atoms with E-state index in [1.165, 1.54) is 31.2 Å². The van der Waals surface area contributed by atoms with Gasteiger partial charge < -0.3 is 5.32 Å². The number of carbonyl (C=O) groups is 2. The number of sulfone groups is 1. The lowest BCUT2D eigenvalue weighted by Gasteiger charge is -2.09. The molecule has 154 valence electrons. The first-order valence-corrected chi connectivity index (χ1v) is 10.5. The number of amides is 1. The molecule has 1 N–H and O–H groups in total. The minimum atomic E-state index is -4.00. The molecule has 1 aromatic heterocycles. The van der Waals surface area contributed by atoms with E-state index < -0.39 is 27.8 Å². The summed E-state index contributed by atoms with van der Waals surface area (Å²) in [5.74, 6) is -0.691. The highest BCUT2D eigenvalue weighted by molar-refractivity contribution is 7.91. The van der Waals surface area contributed by atoms with Gasteiger partial charge in [0.2, 0.25) is 15.7 Å². The smallest absolute Gasteiger partial charge is 0.267 e. The zero-order valence-corrected chi connectivity index (χ0v) is 17.3. The summed E-state index contributed by atoms with van der Waals surface area (Å²) in [6.45, 7) is 0.939. The molecule has 30 heavy (non-hydrogen) atoms. The van der Waals surface area contributed by atoms with Crippen LogP contribution in [0.2, 0.25) is 5.02 Å². The summed E-state index contributed by atoms with van der Waals surface area (Å²) in [6, 6.07) is 13.8. The third kappa shape index (κ3) is 4.81. The van der Waals surface area contributed by atoms with Crippen LogP contribution in [-0.2, 0) is 21.2 Å². The molecule has 3 rings (SSSR count). The van der Waals surface area contributed by atoms with Crippen LogP contribution in [-0.4, -0.2) is 29.9 Å². The molecule has 0 aliphatic carbocycles. The van der Waals surface area contributed by atoms with Crippen LogP contribution in [0.3, 0.4) is 0 Å². The van der Waals surface area contributed by atoms with Crippen molar-refractivity contribution in [2.24, 2.45) is 0 Å². The quantitative estimate of drug-likeness (QED) is 0.583. The Bertz CT molecular complexity index is 1270. The zero-order chi connectivity index (χ0) is 21.9. The Morgan fingerprint density at radius 1 is 1.00 bits per heavy atom. The molecule has 10 heteroatoms. The normalized spacial score (nSPS) is 11.1. The van der Waals surface area contributed by atoms with Crippen molar-refractivity contribution in [3.05, 3.63) is 81.6 Å². The Balaban J connectivity index is 1.81. The van der Waals surface area contributed by atoms with E-state index in [0.29, 0.717) is 16.3 Å². The first kappa shape index (κ1) is 21.4. The van der Waals surface area contributed by atoms with Crippen LogP contribution in [0.1, 0.15) is 17.3 Å². The molecule has 0 atom stereocenters. The molecule has 0 radical (unpaired) electrons. The van der Waals surface area contributed by atoms with E-state index in [0.717, 1.165) is 16.8 Å². The third-order valence-corrected chi connectivity index (χ3v) is 6.02. The van der Waals surface area contributed by atoms with Crippen LogP contribution in [0.5, 0.6) is 0 Å². The number of halogens is 1. The van der Waals surface area contributed by atoms with Gasteiger partial charge in [0.05, 0.1) is 4.90 Å². The van der Waals surface area contributed by atoms with E-state index in [9.17, 15) is 22.8 Å². The molecule has 2 aromatic carbocycles. The van der Waals surface area contributed by atoms with Crippen molar-refractivity contribution in [2.75, 3.05) is 5.32 Å². The number of nitrogens with zero attached hydrogens (tertiary/aromatic N) is 2. The summed E-state index contributed by atoms with van der Waals surface area (Å²) < 4.78 is 26.2. The van der Waals surface area contributed by atoms with Gasteiger partial charge in [-0.05, 0) is 61.5 Å². The number of anilines is 1. The number of nitrogens with one attached hydrogen (secondary N) is 1. The predicted molar refractivity (Wildman–Crippen MR) is 110 cm³/mol. The molecule has 0 saturated carbocycles. The van der Waals surface area contributed by atoms with Crippen molar-refractivity contribution in [2.45, 2.75) is 23.4 Å². The maximum atomic E-state index is 12.7. The van der Waals surface area contributed by atoms with Crippen LogP contribution in [0, 0.1) is 0 Å². The second kappa shape index (κ2) is 8.60. The number of aromatic nitrogens is 2. The van der Waals surface area contributed by atoms with E-state index in [1.807, 2.05) is 0 Å². The van der Waals surface area contributed by atoms with Gasteiger partial charge in [-0.15, -0.1) is 0 Å². The number of Topliss-reactive ketones (excluding diaryl/α,β-unsaturated/α-hetero) is 1. The fraction of sp³-hybridized carbons (Fsp3) is 0.100. The van der Waals surface area contributed by atoms with Crippen molar-refractivity contribution >= 4 is 38.8 Å². The summed E-state index contributed by atoms with van der Waals surface area (Å²) in [5, 5.41) is 6.41. The Kier molecular flexibility index (Phi) is 6.14. The lowest BCUT2D eigenvalue weighted by molar-refractivity contribution is -0.117. The molecule has 0 aliphatic heterocycles. The Hall–Kier alpha value is -3.30. The first-order valence-electron chi connectivity index (χ1n) is 8.66. The van der Waals surface area contributed by atoms with Crippen molar-refractivity contribution in [3.63, 3.8) is 0 Å². The molecular formula is C20H16ClN3O5S. The van der Waals surface area contributed by atoms with E-state index >= 15 is 0 Å². The average Bonchev–Trinajstić information content (AvgIpc) is 2.70. The summed E-state index contributed by atoms with van der Waals surface area (Å²) in [5.41, 5.74) is 0.279. The molecule has 1 heterocycles. The fourth-order valence-electron chi connectivity index (χ4n) is 2.55. The summed E-state index contributed by atoms with van der Waals surface area (Å²) in [7, 11) is -4.00. The lowest BCUT2D eigenvalue weighted by atomic mass is 10.1. The van der Waals surface area contributed by atoms with Gasteiger partial charge >= 0.3 is 0 Å². The van der Waals surface area contributed by atoms with Crippen molar-refractivity contribution in [1.82, 2.24) is 9.78 Å². The molecule has 0 fully saturated rings. The third-order valence-electron chi connectivity index (χ3n) is 4.11. The molecule has 3 aromatic rings. The van der Waals surface area contributed by atoms with Gasteiger partial charge in [0.1, 0.15) is 6.54 Å². The van der Waals surface area contributed by atoms with Gasteiger partial charge in [-0.3, -0.25) is 14.4 Å². The Labute approximate surface area is 177 Å². The van der Waals surface area contributed by atoms with Gasteiger partial charge in [-0.25, -0.2) is 13.1 Å². The van der Waals surface area contributed by atoms with Crippen LogP contribution in [0.25, 0.3) is 0 Å². The van der Waals surface area contributed by atoms with Gasteiger partial charge in [0, 0.05) is 22.3 Å². The number of hydrogen-bond acceptors (Lipinski definition) is 6. The maximum Gasteiger partial charge on any atom is 0.267 e. The first-order chi connectivity index (χ1) is 14.2. The van der Waals surface area contributed by atoms with Gasteiger partial charge in [-0.1, -0.05) is 11.6 Å². The molecule has 0 aliphatic rings. The molecular weight excluding hydrogens is 430 g/mol. The van der Waals surface area contributed by atoms with E-state index in [4.69, 9.17) is 11.6 Å². The van der Waals surface area contributed by atoms with Crippen molar-refractivity contribution in [1.29, 1.82) is 0 Å². The maximum absolute atomic E-state index is 12.7. The minimum absolute atomic E-state index is 0.0420. The predicted octanol–water partition coefficient (Wildman–Crippen LogP) is 2.57. The number of benzene rings is 2. The molecule has 0 unspecified atom stereocenters. The van der Waals surface area contributed by atoms with Crippen LogP contribution in [0.4, 0.5) is 5.69 Å². The van der Waals surface area contributed by atoms with Crippen LogP contribution >= 0.6 is 11.6 Å². The average molecular weight is 446 g/mol. The monoisotopic (exact) mass is 445 g/mol. The lowest BCUT2D eigenvalue weighted by Crippen LogP contribution is -2.30. The SMILES string of the molecule is CC(=O)c1ccc(NC(=O)Cn2nc(S(=O)(=O)c3ccc(Cl)cc3)ccc2=O)cc1. The highest BCUT2D eigenvalue weighted by Crippen LogP contribution is 2.20. The van der Waals surface area contributed by atoms with Crippen molar-refractivity contribution in [3.8, 4) is 0 Å². The molecule has 0 saturated heterocycles. The Morgan fingerprint density at radius 3 is 2.23 bits per heavy atom. The van der Waals surface area contributed by atoms with Gasteiger partial charge in [0.15, 0.2) is 10.8 Å². The molecule has 0 bridgehead atoms. The summed E-state index contributed by atoms with van der Waals surface area (Å²) >= 11 is 5.78. The highest BCUT2D eigenvalue weighted by Gasteiger charge is 2.21. The van der Waals surface area contributed by atoms with Gasteiger partial charge in [0.25, 0.3) is 5.56 Å². The topological polar surface area (TPSA) is 115 Å². The second-order valence-corrected chi connectivity index (χ2v) is 8.64. The highest BCUT2D eigenvalue weighted by atomic mass is 35.5.